The second kappa shape index (κ2) is 4.50. The van der Waals surface area contributed by atoms with Gasteiger partial charge in [-0.05, 0) is 31.9 Å². The number of hydrogen-bond acceptors (Lipinski definition) is 3. The van der Waals surface area contributed by atoms with Crippen molar-refractivity contribution in [3.05, 3.63) is 35.7 Å². The first-order valence-corrected chi connectivity index (χ1v) is 6.44. The molecule has 0 saturated heterocycles. The van der Waals surface area contributed by atoms with Gasteiger partial charge in [0.05, 0.1) is 5.56 Å². The summed E-state index contributed by atoms with van der Waals surface area (Å²) < 4.78 is 2.17. The fourth-order valence-electron chi connectivity index (χ4n) is 2.60. The molecule has 1 aromatic heterocycles. The van der Waals surface area contributed by atoms with Gasteiger partial charge in [0.25, 0.3) is 0 Å². The van der Waals surface area contributed by atoms with E-state index in [0.29, 0.717) is 6.04 Å². The quantitative estimate of drug-likeness (QED) is 0.897. The van der Waals surface area contributed by atoms with Crippen molar-refractivity contribution >= 4 is 5.97 Å². The van der Waals surface area contributed by atoms with Crippen LogP contribution in [0.1, 0.15) is 42.0 Å². The van der Waals surface area contributed by atoms with Crippen LogP contribution in [0.5, 0.6) is 0 Å². The maximum atomic E-state index is 10.9. The molecule has 1 atom stereocenters. The molecule has 3 rings (SSSR count). The Morgan fingerprint density at radius 3 is 2.74 bits per heavy atom. The molecule has 1 aliphatic heterocycles. The highest BCUT2D eigenvalue weighted by atomic mass is 16.4. The summed E-state index contributed by atoms with van der Waals surface area (Å²) >= 11 is 0. The first-order chi connectivity index (χ1) is 9.16. The monoisotopic (exact) mass is 257 g/mol. The SMILES string of the molecule is CC1CCCc2nnc(-c3ccc(C(=O)O)cc3)n21. The zero-order chi connectivity index (χ0) is 13.4. The molecule has 1 unspecified atom stereocenters. The Balaban J connectivity index is 2.03. The fourth-order valence-corrected chi connectivity index (χ4v) is 2.60. The summed E-state index contributed by atoms with van der Waals surface area (Å²) in [5.74, 6) is 0.943. The number of rotatable bonds is 2. The Morgan fingerprint density at radius 2 is 2.05 bits per heavy atom. The highest BCUT2D eigenvalue weighted by Gasteiger charge is 2.22. The van der Waals surface area contributed by atoms with Crippen LogP contribution < -0.4 is 0 Å². The number of aromatic carboxylic acids is 1. The number of aryl methyl sites for hydroxylation is 1. The largest absolute Gasteiger partial charge is 0.478 e. The molecule has 0 saturated carbocycles. The molecule has 0 amide bonds. The Morgan fingerprint density at radius 1 is 1.32 bits per heavy atom. The van der Waals surface area contributed by atoms with E-state index in [1.165, 1.54) is 0 Å². The lowest BCUT2D eigenvalue weighted by atomic mass is 10.0. The molecule has 0 spiro atoms. The van der Waals surface area contributed by atoms with Gasteiger partial charge < -0.3 is 9.67 Å². The summed E-state index contributed by atoms with van der Waals surface area (Å²) in [4.78, 5) is 10.9. The third-order valence-corrected chi connectivity index (χ3v) is 3.62. The van der Waals surface area contributed by atoms with E-state index in [1.54, 1.807) is 24.3 Å². The second-order valence-electron chi connectivity index (χ2n) is 4.93. The molecular formula is C14H15N3O2. The Labute approximate surface area is 110 Å². The number of carboxylic acid groups (broad SMARTS) is 1. The molecule has 0 radical (unpaired) electrons. The molecule has 1 aromatic carbocycles. The van der Waals surface area contributed by atoms with E-state index in [-0.39, 0.29) is 5.56 Å². The van der Waals surface area contributed by atoms with E-state index >= 15 is 0 Å². The molecule has 2 heterocycles. The van der Waals surface area contributed by atoms with E-state index < -0.39 is 5.97 Å². The Kier molecular flexibility index (Phi) is 2.81. The standard InChI is InChI=1S/C14H15N3O2/c1-9-3-2-4-12-15-16-13(17(9)12)10-5-7-11(8-6-10)14(18)19/h5-9H,2-4H2,1H3,(H,18,19). The number of hydrogen-bond donors (Lipinski definition) is 1. The van der Waals surface area contributed by atoms with Crippen molar-refractivity contribution in [2.75, 3.05) is 0 Å². The van der Waals surface area contributed by atoms with E-state index in [1.807, 2.05) is 0 Å². The van der Waals surface area contributed by atoms with Crippen LogP contribution in [-0.4, -0.2) is 25.8 Å². The van der Waals surface area contributed by atoms with E-state index in [0.717, 1.165) is 36.5 Å². The lowest BCUT2D eigenvalue weighted by Crippen LogP contribution is -2.16. The van der Waals surface area contributed by atoms with Gasteiger partial charge >= 0.3 is 5.97 Å². The Bertz CT molecular complexity index is 616. The van der Waals surface area contributed by atoms with Crippen molar-refractivity contribution < 1.29 is 9.90 Å². The number of carboxylic acids is 1. The lowest BCUT2D eigenvalue weighted by Gasteiger charge is -2.22. The summed E-state index contributed by atoms with van der Waals surface area (Å²) in [5.41, 5.74) is 1.20. The summed E-state index contributed by atoms with van der Waals surface area (Å²) in [6.07, 6.45) is 3.24. The van der Waals surface area contributed by atoms with Crippen molar-refractivity contribution in [1.82, 2.24) is 14.8 Å². The number of nitrogens with zero attached hydrogens (tertiary/aromatic N) is 3. The van der Waals surface area contributed by atoms with Crippen LogP contribution in [0.2, 0.25) is 0 Å². The van der Waals surface area contributed by atoms with Gasteiger partial charge in [0.2, 0.25) is 0 Å². The van der Waals surface area contributed by atoms with E-state index in [2.05, 4.69) is 21.7 Å². The topological polar surface area (TPSA) is 68.0 Å². The molecule has 0 aliphatic carbocycles. The maximum Gasteiger partial charge on any atom is 0.335 e. The highest BCUT2D eigenvalue weighted by Crippen LogP contribution is 2.29. The van der Waals surface area contributed by atoms with Crippen LogP contribution in [0.4, 0.5) is 0 Å². The first-order valence-electron chi connectivity index (χ1n) is 6.44. The third kappa shape index (κ3) is 2.01. The molecule has 1 aliphatic rings. The summed E-state index contributed by atoms with van der Waals surface area (Å²) in [5, 5.41) is 17.4. The van der Waals surface area contributed by atoms with E-state index in [9.17, 15) is 4.79 Å². The molecule has 0 bridgehead atoms. The Hall–Kier alpha value is -2.17. The van der Waals surface area contributed by atoms with Gasteiger partial charge in [0.15, 0.2) is 5.82 Å². The lowest BCUT2D eigenvalue weighted by molar-refractivity contribution is 0.0697. The first kappa shape index (κ1) is 11.9. The molecule has 98 valence electrons. The number of fused-ring (bicyclic) bond motifs is 1. The maximum absolute atomic E-state index is 10.9. The van der Waals surface area contributed by atoms with E-state index in [4.69, 9.17) is 5.11 Å². The minimum absolute atomic E-state index is 0.287. The van der Waals surface area contributed by atoms with Gasteiger partial charge in [0.1, 0.15) is 5.82 Å². The predicted molar refractivity (Wildman–Crippen MR) is 70.1 cm³/mol. The second-order valence-corrected chi connectivity index (χ2v) is 4.93. The highest BCUT2D eigenvalue weighted by molar-refractivity contribution is 5.88. The average molecular weight is 257 g/mol. The number of benzene rings is 1. The van der Waals surface area contributed by atoms with Crippen molar-refractivity contribution in [2.24, 2.45) is 0 Å². The summed E-state index contributed by atoms with van der Waals surface area (Å²) in [6, 6.07) is 7.19. The van der Waals surface area contributed by atoms with Gasteiger partial charge in [-0.1, -0.05) is 12.1 Å². The predicted octanol–water partition coefficient (Wildman–Crippen LogP) is 2.54. The summed E-state index contributed by atoms with van der Waals surface area (Å²) in [7, 11) is 0. The van der Waals surface area contributed by atoms with Gasteiger partial charge in [-0.25, -0.2) is 4.79 Å². The van der Waals surface area contributed by atoms with Crippen LogP contribution in [0, 0.1) is 0 Å². The molecule has 0 fully saturated rings. The van der Waals surface area contributed by atoms with Gasteiger partial charge in [-0.2, -0.15) is 0 Å². The van der Waals surface area contributed by atoms with Crippen molar-refractivity contribution in [1.29, 1.82) is 0 Å². The van der Waals surface area contributed by atoms with Crippen molar-refractivity contribution in [2.45, 2.75) is 32.2 Å². The van der Waals surface area contributed by atoms with Crippen molar-refractivity contribution in [3.63, 3.8) is 0 Å². The van der Waals surface area contributed by atoms with Crippen molar-refractivity contribution in [3.8, 4) is 11.4 Å². The minimum Gasteiger partial charge on any atom is -0.478 e. The molecule has 5 heteroatoms. The van der Waals surface area contributed by atoms with Crippen LogP contribution in [0.15, 0.2) is 24.3 Å². The number of carbonyl (C=O) groups is 1. The molecular weight excluding hydrogens is 242 g/mol. The van der Waals surface area contributed by atoms with Gasteiger partial charge in [-0.15, -0.1) is 10.2 Å². The normalized spacial score (nSPS) is 18.1. The molecule has 5 nitrogen and oxygen atoms in total. The zero-order valence-corrected chi connectivity index (χ0v) is 10.7. The van der Waals surface area contributed by atoms with Gasteiger partial charge in [-0.3, -0.25) is 0 Å². The summed E-state index contributed by atoms with van der Waals surface area (Å²) in [6.45, 7) is 2.17. The fraction of sp³-hybridized carbons (Fsp3) is 0.357. The average Bonchev–Trinajstić information content (AvgIpc) is 2.84. The van der Waals surface area contributed by atoms with Crippen LogP contribution in [0.25, 0.3) is 11.4 Å². The van der Waals surface area contributed by atoms with Gasteiger partial charge in [0, 0.05) is 18.0 Å². The van der Waals surface area contributed by atoms with Crippen LogP contribution in [-0.2, 0) is 6.42 Å². The minimum atomic E-state index is -0.914. The number of aromatic nitrogens is 3. The van der Waals surface area contributed by atoms with Crippen LogP contribution >= 0.6 is 0 Å². The smallest absolute Gasteiger partial charge is 0.335 e. The third-order valence-electron chi connectivity index (χ3n) is 3.62. The molecule has 1 N–H and O–H groups in total. The molecule has 2 aromatic rings. The zero-order valence-electron chi connectivity index (χ0n) is 10.7. The molecule has 19 heavy (non-hydrogen) atoms. The van der Waals surface area contributed by atoms with Crippen LogP contribution in [0.3, 0.4) is 0 Å².